The molecule has 1 aromatic carbocycles. The van der Waals surface area contributed by atoms with Crippen LogP contribution < -0.4 is 31.3 Å². The van der Waals surface area contributed by atoms with Gasteiger partial charge < -0.3 is 24.4 Å². The van der Waals surface area contributed by atoms with E-state index in [0.29, 0.717) is 28.5 Å². The van der Waals surface area contributed by atoms with E-state index < -0.39 is 11.1 Å². The summed E-state index contributed by atoms with van der Waals surface area (Å²) in [5.74, 6) is 0.981. The largest absolute Gasteiger partial charge is 0.493 e. The van der Waals surface area contributed by atoms with E-state index in [2.05, 4.69) is 26.5 Å². The van der Waals surface area contributed by atoms with E-state index in [1.54, 1.807) is 18.2 Å². The van der Waals surface area contributed by atoms with Crippen molar-refractivity contribution in [3.8, 4) is 11.5 Å². The number of aromatic amines is 3. The zero-order chi connectivity index (χ0) is 20.3. The van der Waals surface area contributed by atoms with Gasteiger partial charge in [-0.3, -0.25) is 9.59 Å². The van der Waals surface area contributed by atoms with E-state index in [4.69, 9.17) is 9.47 Å². The summed E-state index contributed by atoms with van der Waals surface area (Å²) >= 11 is 0. The second kappa shape index (κ2) is 7.83. The maximum Gasteiger partial charge on any atom is 0.272 e. The van der Waals surface area contributed by atoms with E-state index in [1.807, 2.05) is 6.92 Å². The first-order valence-electron chi connectivity index (χ1n) is 8.41. The summed E-state index contributed by atoms with van der Waals surface area (Å²) in [5.41, 5.74) is 1.65. The van der Waals surface area contributed by atoms with Crippen molar-refractivity contribution in [1.29, 1.82) is 0 Å². The van der Waals surface area contributed by atoms with Gasteiger partial charge in [-0.25, -0.2) is 4.98 Å². The number of benzene rings is 1. The SMILES string of the molecule is C=C(C)c1[nH]cnc1/C=c1\[nH]c(=O)/c(=C/c2cccc(OC)c2OC)[nH]c1=O. The van der Waals surface area contributed by atoms with Crippen LogP contribution in [-0.2, 0) is 0 Å². The first kappa shape index (κ1) is 19.0. The minimum Gasteiger partial charge on any atom is -0.493 e. The summed E-state index contributed by atoms with van der Waals surface area (Å²) in [4.78, 5) is 37.3. The molecule has 0 atom stereocenters. The summed E-state index contributed by atoms with van der Waals surface area (Å²) in [5, 5.41) is 0.185. The smallest absolute Gasteiger partial charge is 0.272 e. The van der Waals surface area contributed by atoms with Gasteiger partial charge in [0.05, 0.1) is 31.9 Å². The molecule has 0 spiro atoms. The van der Waals surface area contributed by atoms with Crippen LogP contribution in [-0.4, -0.2) is 34.2 Å². The number of aromatic nitrogens is 4. The van der Waals surface area contributed by atoms with Crippen LogP contribution in [0, 0.1) is 0 Å². The third-order valence-electron chi connectivity index (χ3n) is 4.10. The normalized spacial score (nSPS) is 12.2. The van der Waals surface area contributed by atoms with Crippen molar-refractivity contribution in [2.45, 2.75) is 6.92 Å². The summed E-state index contributed by atoms with van der Waals surface area (Å²) in [6.07, 6.45) is 4.52. The first-order valence-corrected chi connectivity index (χ1v) is 8.41. The molecule has 0 aliphatic heterocycles. The van der Waals surface area contributed by atoms with Crippen LogP contribution in [0.5, 0.6) is 11.5 Å². The van der Waals surface area contributed by atoms with Gasteiger partial charge in [0.2, 0.25) is 0 Å². The van der Waals surface area contributed by atoms with Gasteiger partial charge >= 0.3 is 0 Å². The zero-order valence-corrected chi connectivity index (χ0v) is 15.8. The van der Waals surface area contributed by atoms with Crippen molar-refractivity contribution in [3.05, 3.63) is 79.5 Å². The van der Waals surface area contributed by atoms with Gasteiger partial charge in [0, 0.05) is 5.56 Å². The van der Waals surface area contributed by atoms with Gasteiger partial charge in [-0.15, -0.1) is 0 Å². The number of methoxy groups -OCH3 is 2. The molecule has 0 saturated heterocycles. The lowest BCUT2D eigenvalue weighted by atomic mass is 10.1. The van der Waals surface area contributed by atoms with Crippen LogP contribution in [0.15, 0.2) is 40.7 Å². The van der Waals surface area contributed by atoms with Crippen LogP contribution in [0.25, 0.3) is 17.7 Å². The van der Waals surface area contributed by atoms with Crippen LogP contribution in [0.2, 0.25) is 0 Å². The Morgan fingerprint density at radius 2 is 1.75 bits per heavy atom. The summed E-state index contributed by atoms with van der Waals surface area (Å²) < 4.78 is 10.6. The topological polar surface area (TPSA) is 113 Å². The molecule has 3 aromatic rings. The van der Waals surface area contributed by atoms with Crippen molar-refractivity contribution in [2.24, 2.45) is 0 Å². The molecule has 2 aromatic heterocycles. The lowest BCUT2D eigenvalue weighted by molar-refractivity contribution is 0.354. The lowest BCUT2D eigenvalue weighted by Gasteiger charge is -2.09. The third-order valence-corrected chi connectivity index (χ3v) is 4.10. The number of imidazole rings is 1. The Hall–Kier alpha value is -3.81. The summed E-state index contributed by atoms with van der Waals surface area (Å²) in [6.45, 7) is 5.67. The zero-order valence-electron chi connectivity index (χ0n) is 15.8. The van der Waals surface area contributed by atoms with Crippen molar-refractivity contribution in [2.75, 3.05) is 14.2 Å². The highest BCUT2D eigenvalue weighted by Crippen LogP contribution is 2.30. The van der Waals surface area contributed by atoms with E-state index in [0.717, 1.165) is 5.57 Å². The fraction of sp³-hybridized carbons (Fsp3) is 0.150. The number of nitrogens with one attached hydrogen (secondary N) is 3. The highest BCUT2D eigenvalue weighted by molar-refractivity contribution is 5.66. The average Bonchev–Trinajstić information content (AvgIpc) is 3.14. The molecule has 8 heteroatoms. The Morgan fingerprint density at radius 1 is 1.07 bits per heavy atom. The Bertz CT molecular complexity index is 1260. The predicted octanol–water partition coefficient (Wildman–Crippen LogP) is 0.494. The van der Waals surface area contributed by atoms with E-state index in [1.165, 1.54) is 32.7 Å². The molecule has 0 bridgehead atoms. The fourth-order valence-corrected chi connectivity index (χ4v) is 2.77. The molecule has 2 heterocycles. The second-order valence-corrected chi connectivity index (χ2v) is 6.05. The molecular weight excluding hydrogens is 360 g/mol. The molecule has 0 unspecified atom stereocenters. The van der Waals surface area contributed by atoms with Crippen molar-refractivity contribution < 1.29 is 9.47 Å². The molecule has 144 valence electrons. The number of H-pyrrole nitrogens is 3. The third kappa shape index (κ3) is 3.66. The second-order valence-electron chi connectivity index (χ2n) is 6.05. The lowest BCUT2D eigenvalue weighted by Crippen LogP contribution is -2.46. The average molecular weight is 380 g/mol. The molecule has 28 heavy (non-hydrogen) atoms. The molecular formula is C20H20N4O4. The minimum absolute atomic E-state index is 0.0920. The maximum atomic E-state index is 12.5. The van der Waals surface area contributed by atoms with Gasteiger partial charge in [0.15, 0.2) is 11.5 Å². The molecule has 0 saturated carbocycles. The number of ether oxygens (including phenoxy) is 2. The first-order chi connectivity index (χ1) is 13.4. The van der Waals surface area contributed by atoms with Gasteiger partial charge in [-0.05, 0) is 30.7 Å². The number of allylic oxidation sites excluding steroid dienone is 1. The Labute approximate surface area is 159 Å². The van der Waals surface area contributed by atoms with Crippen molar-refractivity contribution in [3.63, 3.8) is 0 Å². The van der Waals surface area contributed by atoms with Gasteiger partial charge in [-0.2, -0.15) is 0 Å². The fourth-order valence-electron chi connectivity index (χ4n) is 2.77. The molecule has 8 nitrogen and oxygen atoms in total. The maximum absolute atomic E-state index is 12.5. The van der Waals surface area contributed by atoms with Crippen LogP contribution in [0.4, 0.5) is 0 Å². The summed E-state index contributed by atoms with van der Waals surface area (Å²) in [6, 6.07) is 5.25. The summed E-state index contributed by atoms with van der Waals surface area (Å²) in [7, 11) is 3.03. The molecule has 0 fully saturated rings. The van der Waals surface area contributed by atoms with Gasteiger partial charge in [-0.1, -0.05) is 18.7 Å². The van der Waals surface area contributed by atoms with Crippen molar-refractivity contribution >= 4 is 17.7 Å². The van der Waals surface area contributed by atoms with Crippen molar-refractivity contribution in [1.82, 2.24) is 19.9 Å². The Balaban J connectivity index is 2.17. The number of hydrogen-bond acceptors (Lipinski definition) is 5. The minimum atomic E-state index is -0.455. The number of rotatable bonds is 5. The van der Waals surface area contributed by atoms with E-state index >= 15 is 0 Å². The molecule has 0 aliphatic carbocycles. The molecule has 0 radical (unpaired) electrons. The van der Waals surface area contributed by atoms with Crippen LogP contribution in [0.1, 0.15) is 23.9 Å². The van der Waals surface area contributed by atoms with Crippen LogP contribution >= 0.6 is 0 Å². The Morgan fingerprint density at radius 3 is 2.36 bits per heavy atom. The van der Waals surface area contributed by atoms with E-state index in [9.17, 15) is 9.59 Å². The standard InChI is InChI=1S/C20H20N4O4/c1-11(2)17-13(21-10-22-17)9-15-20(26)23-14(19(25)24-15)8-12-6-5-7-16(27-3)18(12)28-4/h5-10H,1H2,2-4H3,(H,21,22)(H,23,26)(H,24,25)/b14-8-,15-9-. The van der Waals surface area contributed by atoms with Crippen LogP contribution in [0.3, 0.4) is 0 Å². The number of para-hydroxylation sites is 1. The molecule has 3 rings (SSSR count). The predicted molar refractivity (Wildman–Crippen MR) is 107 cm³/mol. The van der Waals surface area contributed by atoms with E-state index in [-0.39, 0.29) is 10.7 Å². The number of nitrogens with zero attached hydrogens (tertiary/aromatic N) is 1. The van der Waals surface area contributed by atoms with Gasteiger partial charge in [0.1, 0.15) is 10.7 Å². The molecule has 0 amide bonds. The molecule has 3 N–H and O–H groups in total. The Kier molecular flexibility index (Phi) is 5.30. The number of hydrogen-bond donors (Lipinski definition) is 3. The highest BCUT2D eigenvalue weighted by atomic mass is 16.5. The van der Waals surface area contributed by atoms with Gasteiger partial charge in [0.25, 0.3) is 11.1 Å². The molecule has 0 aliphatic rings. The monoisotopic (exact) mass is 380 g/mol. The highest BCUT2D eigenvalue weighted by Gasteiger charge is 2.08. The quantitative estimate of drug-likeness (QED) is 0.596.